The van der Waals surface area contributed by atoms with E-state index in [1.54, 1.807) is 0 Å². The molecule has 0 heterocycles. The summed E-state index contributed by atoms with van der Waals surface area (Å²) in [5.41, 5.74) is 0. The fourth-order valence-corrected chi connectivity index (χ4v) is 0.494. The zero-order valence-corrected chi connectivity index (χ0v) is 5.72. The van der Waals surface area contributed by atoms with Crippen LogP contribution in [0.1, 0.15) is 0 Å². The summed E-state index contributed by atoms with van der Waals surface area (Å²) in [7, 11) is 1.00. The quantitative estimate of drug-likeness (QED) is 0.468. The number of ether oxygens (including phenoxy) is 1. The molecule has 0 bridgehead atoms. The van der Waals surface area contributed by atoms with Crippen molar-refractivity contribution in [2.24, 2.45) is 0 Å². The fourth-order valence-electron chi connectivity index (χ4n) is 0.494. The molecular formula is C5H8O6. The molecule has 0 spiro atoms. The minimum absolute atomic E-state index is 1.00. The predicted octanol–water partition coefficient (Wildman–Crippen LogP) is -1.47. The molecule has 0 saturated heterocycles. The molecule has 64 valence electrons. The SMILES string of the molecule is CO[C@H](C(=O)O)[C@@H](O)C(=O)O. The number of aliphatic hydroxyl groups excluding tert-OH is 1. The highest BCUT2D eigenvalue weighted by atomic mass is 16.5. The summed E-state index contributed by atoms with van der Waals surface area (Å²) in [6, 6.07) is 0. The van der Waals surface area contributed by atoms with Crippen LogP contribution >= 0.6 is 0 Å². The van der Waals surface area contributed by atoms with Crippen LogP contribution in [0, 0.1) is 0 Å². The number of carboxylic acids is 2. The summed E-state index contributed by atoms with van der Waals surface area (Å²) in [5, 5.41) is 25.0. The number of rotatable bonds is 4. The molecule has 3 N–H and O–H groups in total. The van der Waals surface area contributed by atoms with Crippen molar-refractivity contribution in [3.8, 4) is 0 Å². The van der Waals surface area contributed by atoms with Crippen LogP contribution in [0.25, 0.3) is 0 Å². The van der Waals surface area contributed by atoms with Crippen LogP contribution in [-0.2, 0) is 14.3 Å². The van der Waals surface area contributed by atoms with E-state index in [0.29, 0.717) is 0 Å². The summed E-state index contributed by atoms with van der Waals surface area (Å²) in [4.78, 5) is 20.1. The monoisotopic (exact) mass is 164 g/mol. The number of aliphatic hydroxyl groups is 1. The first-order valence-electron chi connectivity index (χ1n) is 2.67. The first-order chi connectivity index (χ1) is 5.00. The van der Waals surface area contributed by atoms with Crippen LogP contribution in [-0.4, -0.2) is 46.6 Å². The van der Waals surface area contributed by atoms with E-state index in [9.17, 15) is 9.59 Å². The Kier molecular flexibility index (Phi) is 3.49. The molecule has 0 aromatic heterocycles. The van der Waals surface area contributed by atoms with Crippen molar-refractivity contribution in [1.82, 2.24) is 0 Å². The Balaban J connectivity index is 4.25. The lowest BCUT2D eigenvalue weighted by molar-refractivity contribution is -0.168. The zero-order valence-electron chi connectivity index (χ0n) is 5.72. The molecular weight excluding hydrogens is 156 g/mol. The molecule has 0 saturated carbocycles. The molecule has 6 heteroatoms. The number of carboxylic acid groups (broad SMARTS) is 2. The lowest BCUT2D eigenvalue weighted by Crippen LogP contribution is -2.40. The third-order valence-electron chi connectivity index (χ3n) is 1.04. The summed E-state index contributed by atoms with van der Waals surface area (Å²) < 4.78 is 4.20. The molecule has 6 nitrogen and oxygen atoms in total. The molecule has 0 rings (SSSR count). The van der Waals surface area contributed by atoms with Crippen LogP contribution in [0.15, 0.2) is 0 Å². The highest BCUT2D eigenvalue weighted by Crippen LogP contribution is 1.98. The zero-order chi connectivity index (χ0) is 9.02. The highest BCUT2D eigenvalue weighted by molar-refractivity contribution is 5.83. The Morgan fingerprint density at radius 3 is 1.82 bits per heavy atom. The Hall–Kier alpha value is -1.14. The molecule has 0 aliphatic carbocycles. The van der Waals surface area contributed by atoms with Gasteiger partial charge in [0.05, 0.1) is 0 Å². The third kappa shape index (κ3) is 2.52. The van der Waals surface area contributed by atoms with E-state index in [-0.39, 0.29) is 0 Å². The van der Waals surface area contributed by atoms with E-state index >= 15 is 0 Å². The fraction of sp³-hybridized carbons (Fsp3) is 0.600. The Morgan fingerprint density at radius 1 is 1.27 bits per heavy atom. The minimum atomic E-state index is -2.03. The van der Waals surface area contributed by atoms with E-state index in [4.69, 9.17) is 15.3 Å². The van der Waals surface area contributed by atoms with E-state index in [1.807, 2.05) is 0 Å². The number of methoxy groups -OCH3 is 1. The van der Waals surface area contributed by atoms with Crippen LogP contribution in [0.5, 0.6) is 0 Å². The molecule has 0 amide bonds. The van der Waals surface area contributed by atoms with Gasteiger partial charge in [-0.3, -0.25) is 0 Å². The predicted molar refractivity (Wildman–Crippen MR) is 32.1 cm³/mol. The maximum atomic E-state index is 10.1. The average Bonchev–Trinajstić information content (AvgIpc) is 1.88. The standard InChI is InChI=1S/C5H8O6/c1-11-3(5(9)10)2(6)4(7)8/h2-3,6H,1H3,(H,7,8)(H,9,10)/t2-,3+/m1/s1. The molecule has 0 radical (unpaired) electrons. The van der Waals surface area contributed by atoms with Gasteiger partial charge in [0, 0.05) is 7.11 Å². The van der Waals surface area contributed by atoms with E-state index in [1.165, 1.54) is 0 Å². The van der Waals surface area contributed by atoms with Crippen molar-refractivity contribution in [2.75, 3.05) is 7.11 Å². The van der Waals surface area contributed by atoms with Crippen LogP contribution in [0.2, 0.25) is 0 Å². The van der Waals surface area contributed by atoms with Gasteiger partial charge in [-0.25, -0.2) is 9.59 Å². The normalized spacial score (nSPS) is 15.5. The third-order valence-corrected chi connectivity index (χ3v) is 1.04. The van der Waals surface area contributed by atoms with Gasteiger partial charge in [0.1, 0.15) is 0 Å². The lowest BCUT2D eigenvalue weighted by Gasteiger charge is -2.12. The number of hydrogen-bond donors (Lipinski definition) is 3. The minimum Gasteiger partial charge on any atom is -0.479 e. The first-order valence-corrected chi connectivity index (χ1v) is 2.67. The maximum Gasteiger partial charge on any atom is 0.336 e. The molecule has 2 atom stereocenters. The van der Waals surface area contributed by atoms with Crippen LogP contribution < -0.4 is 0 Å². The van der Waals surface area contributed by atoms with Gasteiger partial charge in [-0.15, -0.1) is 0 Å². The van der Waals surface area contributed by atoms with Crippen LogP contribution in [0.4, 0.5) is 0 Å². The topological polar surface area (TPSA) is 104 Å². The molecule has 0 aliphatic rings. The first kappa shape index (κ1) is 9.86. The summed E-state index contributed by atoms with van der Waals surface area (Å²) in [6.07, 6.45) is -3.75. The lowest BCUT2D eigenvalue weighted by atomic mass is 10.2. The van der Waals surface area contributed by atoms with Gasteiger partial charge < -0.3 is 20.1 Å². The Bertz CT molecular complexity index is 164. The molecule has 11 heavy (non-hydrogen) atoms. The van der Waals surface area contributed by atoms with Crippen LogP contribution in [0.3, 0.4) is 0 Å². The van der Waals surface area contributed by atoms with Crippen molar-refractivity contribution in [2.45, 2.75) is 12.2 Å². The molecule has 0 aromatic rings. The van der Waals surface area contributed by atoms with Gasteiger partial charge >= 0.3 is 11.9 Å². The second-order valence-corrected chi connectivity index (χ2v) is 1.78. The molecule has 0 unspecified atom stereocenters. The summed E-state index contributed by atoms with van der Waals surface area (Å²) in [5.74, 6) is -3.14. The van der Waals surface area contributed by atoms with Crippen molar-refractivity contribution >= 4 is 11.9 Å². The van der Waals surface area contributed by atoms with Crippen molar-refractivity contribution in [3.63, 3.8) is 0 Å². The van der Waals surface area contributed by atoms with E-state index < -0.39 is 24.1 Å². The van der Waals surface area contributed by atoms with Gasteiger partial charge in [-0.05, 0) is 0 Å². The Morgan fingerprint density at radius 2 is 1.73 bits per heavy atom. The number of hydrogen-bond acceptors (Lipinski definition) is 4. The van der Waals surface area contributed by atoms with Crippen molar-refractivity contribution in [1.29, 1.82) is 0 Å². The van der Waals surface area contributed by atoms with Gasteiger partial charge in [-0.2, -0.15) is 0 Å². The number of aliphatic carboxylic acids is 2. The second kappa shape index (κ2) is 3.89. The largest absolute Gasteiger partial charge is 0.479 e. The van der Waals surface area contributed by atoms with E-state index in [0.717, 1.165) is 7.11 Å². The molecule has 0 aromatic carbocycles. The Labute approximate surface area is 62.0 Å². The smallest absolute Gasteiger partial charge is 0.336 e. The summed E-state index contributed by atoms with van der Waals surface area (Å²) >= 11 is 0. The van der Waals surface area contributed by atoms with Crippen molar-refractivity contribution in [3.05, 3.63) is 0 Å². The van der Waals surface area contributed by atoms with Gasteiger partial charge in [-0.1, -0.05) is 0 Å². The van der Waals surface area contributed by atoms with E-state index in [2.05, 4.69) is 4.74 Å². The summed E-state index contributed by atoms with van der Waals surface area (Å²) in [6.45, 7) is 0. The maximum absolute atomic E-state index is 10.1. The second-order valence-electron chi connectivity index (χ2n) is 1.78. The van der Waals surface area contributed by atoms with Crippen molar-refractivity contribution < 1.29 is 29.6 Å². The molecule has 0 fully saturated rings. The van der Waals surface area contributed by atoms with Gasteiger partial charge in [0.25, 0.3) is 0 Å². The molecule has 0 aliphatic heterocycles. The highest BCUT2D eigenvalue weighted by Gasteiger charge is 2.31. The van der Waals surface area contributed by atoms with Gasteiger partial charge in [0.2, 0.25) is 0 Å². The number of carbonyl (C=O) groups is 2. The average molecular weight is 164 g/mol. The van der Waals surface area contributed by atoms with Gasteiger partial charge in [0.15, 0.2) is 12.2 Å².